The van der Waals surface area contributed by atoms with E-state index in [2.05, 4.69) is 24.1 Å². The number of nitrogens with zero attached hydrogens (tertiary/aromatic N) is 1. The minimum atomic E-state index is 0.396. The van der Waals surface area contributed by atoms with Crippen molar-refractivity contribution in [1.82, 2.24) is 4.90 Å². The second-order valence-electron chi connectivity index (χ2n) is 9.16. The van der Waals surface area contributed by atoms with Crippen molar-refractivity contribution < 1.29 is 5.32 Å². The van der Waals surface area contributed by atoms with Crippen LogP contribution in [0.4, 0.5) is 0 Å². The molecule has 4 aliphatic rings. The lowest BCUT2D eigenvalue weighted by Crippen LogP contribution is -3.04. The third-order valence-corrected chi connectivity index (χ3v) is 8.00. The van der Waals surface area contributed by atoms with Crippen LogP contribution in [0.15, 0.2) is 0 Å². The lowest BCUT2D eigenvalue weighted by Gasteiger charge is -2.50. The molecule has 23 heavy (non-hydrogen) atoms. The van der Waals surface area contributed by atoms with Crippen molar-refractivity contribution in [2.24, 2.45) is 29.4 Å². The van der Waals surface area contributed by atoms with Gasteiger partial charge in [0, 0.05) is 41.8 Å². The smallest absolute Gasteiger partial charge is 0.147 e. The molecular formula is C19H35ClN3+. The van der Waals surface area contributed by atoms with E-state index in [4.69, 9.17) is 17.3 Å². The number of fused-ring (bicyclic) bond motifs is 2. The Morgan fingerprint density at radius 3 is 2.65 bits per heavy atom. The molecular weight excluding hydrogens is 306 g/mol. The first-order valence-corrected chi connectivity index (χ1v) is 10.5. The predicted molar refractivity (Wildman–Crippen MR) is 95.2 cm³/mol. The molecule has 2 aliphatic heterocycles. The fourth-order valence-corrected chi connectivity index (χ4v) is 6.95. The zero-order valence-corrected chi connectivity index (χ0v) is 15.6. The fraction of sp³-hybridized carbons (Fsp3) is 1.00. The molecule has 2 saturated carbocycles. The Kier molecular flexibility index (Phi) is 4.68. The lowest BCUT2D eigenvalue weighted by atomic mass is 9.65. The number of halogens is 1. The molecule has 0 radical (unpaired) electrons. The van der Waals surface area contributed by atoms with Crippen molar-refractivity contribution in [1.29, 1.82) is 0 Å². The lowest BCUT2D eigenvalue weighted by molar-refractivity contribution is -0.766. The van der Waals surface area contributed by atoms with E-state index in [9.17, 15) is 0 Å². The Bertz CT molecular complexity index is 431. The Hall–Kier alpha value is 0.170. The zero-order chi connectivity index (χ0) is 16.1. The molecule has 9 atom stereocenters. The van der Waals surface area contributed by atoms with E-state index in [1.54, 1.807) is 0 Å². The summed E-state index contributed by atoms with van der Waals surface area (Å²) in [4.78, 5) is 2.81. The van der Waals surface area contributed by atoms with Crippen LogP contribution in [-0.4, -0.2) is 41.1 Å². The maximum atomic E-state index is 6.85. The topological polar surface area (TPSA) is 45.9 Å². The van der Waals surface area contributed by atoms with Gasteiger partial charge in [-0.25, -0.2) is 0 Å². The number of rotatable bonds is 1. The maximum Gasteiger partial charge on any atom is 0.147 e. The summed E-state index contributed by atoms with van der Waals surface area (Å²) in [5.41, 5.74) is 6.85. The van der Waals surface area contributed by atoms with Crippen LogP contribution in [0.5, 0.6) is 0 Å². The van der Waals surface area contributed by atoms with Crippen LogP contribution < -0.4 is 11.1 Å². The van der Waals surface area contributed by atoms with Gasteiger partial charge in [-0.05, 0) is 44.4 Å². The Labute approximate surface area is 146 Å². The van der Waals surface area contributed by atoms with Crippen LogP contribution in [0.3, 0.4) is 0 Å². The number of quaternary nitrogens is 1. The monoisotopic (exact) mass is 340 g/mol. The zero-order valence-electron chi connectivity index (χ0n) is 14.8. The summed E-state index contributed by atoms with van der Waals surface area (Å²) >= 11 is 6.48. The summed E-state index contributed by atoms with van der Waals surface area (Å²) in [5, 5.41) is 3.15. The van der Waals surface area contributed by atoms with E-state index in [1.807, 2.05) is 0 Å². The van der Waals surface area contributed by atoms with Gasteiger partial charge in [-0.1, -0.05) is 20.3 Å². The first-order valence-electron chi connectivity index (χ1n) is 10.0. The minimum absolute atomic E-state index is 0.396. The number of nitrogens with two attached hydrogens (primary N) is 2. The SMILES string of the molecule is CC1CC(C)C2[NH2+]C3C(CCN3C3CCCC(Cl)C3)C(N)C2C1. The second kappa shape index (κ2) is 6.48. The summed E-state index contributed by atoms with van der Waals surface area (Å²) in [6.07, 6.45) is 9.72. The molecule has 0 amide bonds. The first-order chi connectivity index (χ1) is 11.0. The third kappa shape index (κ3) is 2.96. The average Bonchev–Trinajstić information content (AvgIpc) is 2.93. The number of likely N-dealkylation sites (tertiary alicyclic amines) is 1. The van der Waals surface area contributed by atoms with Crippen molar-refractivity contribution in [2.75, 3.05) is 6.54 Å². The van der Waals surface area contributed by atoms with Crippen LogP contribution in [0.1, 0.15) is 58.8 Å². The Balaban J connectivity index is 1.51. The van der Waals surface area contributed by atoms with Crippen molar-refractivity contribution in [3.8, 4) is 0 Å². The summed E-state index contributed by atoms with van der Waals surface area (Å²) in [6, 6.07) is 1.87. The highest BCUT2D eigenvalue weighted by molar-refractivity contribution is 6.20. The number of hydrogen-bond donors (Lipinski definition) is 2. The van der Waals surface area contributed by atoms with E-state index in [0.717, 1.165) is 23.8 Å². The second-order valence-corrected chi connectivity index (χ2v) is 9.78. The van der Waals surface area contributed by atoms with Gasteiger partial charge in [0.15, 0.2) is 0 Å². The molecule has 3 nitrogen and oxygen atoms in total. The summed E-state index contributed by atoms with van der Waals surface area (Å²) in [5.74, 6) is 3.10. The van der Waals surface area contributed by atoms with E-state index in [1.165, 1.54) is 51.5 Å². The largest absolute Gasteiger partial charge is 0.328 e. The molecule has 4 N–H and O–H groups in total. The van der Waals surface area contributed by atoms with Gasteiger partial charge < -0.3 is 11.1 Å². The molecule has 0 aromatic heterocycles. The standard InChI is InChI=1S/C19H34ClN3/c1-11-8-12(2)18-16(9-11)17(21)15-6-7-23(19(15)22-18)14-5-3-4-13(20)10-14/h11-19,22H,3-10,21H2,1-2H3/p+1. The van der Waals surface area contributed by atoms with Gasteiger partial charge in [-0.2, -0.15) is 0 Å². The molecule has 4 rings (SSSR count). The van der Waals surface area contributed by atoms with Gasteiger partial charge in [-0.3, -0.25) is 4.90 Å². The minimum Gasteiger partial charge on any atom is -0.328 e. The molecule has 0 aromatic rings. The number of hydrogen-bond acceptors (Lipinski definition) is 2. The van der Waals surface area contributed by atoms with Gasteiger partial charge in [0.25, 0.3) is 0 Å². The number of piperidine rings is 1. The highest BCUT2D eigenvalue weighted by Gasteiger charge is 2.55. The first kappa shape index (κ1) is 16.6. The molecule has 0 aromatic carbocycles. The highest BCUT2D eigenvalue weighted by atomic mass is 35.5. The van der Waals surface area contributed by atoms with E-state index in [-0.39, 0.29) is 0 Å². The molecule has 2 heterocycles. The summed E-state index contributed by atoms with van der Waals surface area (Å²) in [7, 11) is 0. The Morgan fingerprint density at radius 2 is 1.87 bits per heavy atom. The van der Waals surface area contributed by atoms with Gasteiger partial charge in [-0.15, -0.1) is 11.6 Å². The van der Waals surface area contributed by atoms with Crippen molar-refractivity contribution in [2.45, 2.75) is 88.5 Å². The van der Waals surface area contributed by atoms with Gasteiger partial charge in [0.2, 0.25) is 0 Å². The van der Waals surface area contributed by atoms with Crippen LogP contribution in [0.2, 0.25) is 0 Å². The van der Waals surface area contributed by atoms with Crippen LogP contribution in [0, 0.1) is 23.7 Å². The average molecular weight is 341 g/mol. The summed E-state index contributed by atoms with van der Waals surface area (Å²) in [6.45, 7) is 6.14. The normalized spacial score (nSPS) is 54.5. The van der Waals surface area contributed by atoms with Gasteiger partial charge in [0.05, 0.1) is 6.04 Å². The van der Waals surface area contributed by atoms with Crippen molar-refractivity contribution in [3.05, 3.63) is 0 Å². The van der Waals surface area contributed by atoms with Crippen molar-refractivity contribution in [3.63, 3.8) is 0 Å². The molecule has 4 fully saturated rings. The van der Waals surface area contributed by atoms with E-state index < -0.39 is 0 Å². The molecule has 0 spiro atoms. The van der Waals surface area contributed by atoms with Crippen LogP contribution >= 0.6 is 11.6 Å². The Morgan fingerprint density at radius 1 is 1.04 bits per heavy atom. The highest BCUT2D eigenvalue weighted by Crippen LogP contribution is 2.41. The number of alkyl halides is 1. The maximum absolute atomic E-state index is 6.85. The van der Waals surface area contributed by atoms with Gasteiger partial charge in [0.1, 0.15) is 6.17 Å². The van der Waals surface area contributed by atoms with E-state index >= 15 is 0 Å². The molecule has 132 valence electrons. The third-order valence-electron chi connectivity index (χ3n) is 7.60. The molecule has 2 aliphatic carbocycles. The van der Waals surface area contributed by atoms with Crippen LogP contribution in [0.25, 0.3) is 0 Å². The van der Waals surface area contributed by atoms with E-state index in [0.29, 0.717) is 29.5 Å². The summed E-state index contributed by atoms with van der Waals surface area (Å²) < 4.78 is 0. The quantitative estimate of drug-likeness (QED) is 0.718. The predicted octanol–water partition coefficient (Wildman–Crippen LogP) is 2.14. The fourth-order valence-electron chi connectivity index (χ4n) is 6.59. The van der Waals surface area contributed by atoms with Crippen LogP contribution in [-0.2, 0) is 0 Å². The molecule has 9 unspecified atom stereocenters. The molecule has 4 heteroatoms. The molecule has 2 saturated heterocycles. The van der Waals surface area contributed by atoms with Crippen molar-refractivity contribution >= 4 is 11.6 Å². The van der Waals surface area contributed by atoms with Gasteiger partial charge >= 0.3 is 0 Å². The molecule has 0 bridgehead atoms.